The van der Waals surface area contributed by atoms with Gasteiger partial charge in [-0.3, -0.25) is 0 Å². The lowest BCUT2D eigenvalue weighted by atomic mass is 9.92. The van der Waals surface area contributed by atoms with E-state index in [0.717, 1.165) is 27.9 Å². The molecule has 1 aromatic carbocycles. The predicted octanol–water partition coefficient (Wildman–Crippen LogP) is 4.30. The third kappa shape index (κ3) is 4.44. The number of benzene rings is 1. The van der Waals surface area contributed by atoms with E-state index in [0.29, 0.717) is 11.8 Å². The van der Waals surface area contributed by atoms with Crippen molar-refractivity contribution in [2.24, 2.45) is 11.8 Å². The summed E-state index contributed by atoms with van der Waals surface area (Å²) in [6.07, 6.45) is 1.88. The number of aliphatic hydroxyl groups excluding tert-OH is 1. The van der Waals surface area contributed by atoms with Crippen molar-refractivity contribution in [3.8, 4) is 0 Å². The van der Waals surface area contributed by atoms with Crippen LogP contribution in [0.3, 0.4) is 0 Å². The molecule has 0 spiro atoms. The Morgan fingerprint density at radius 3 is 2.56 bits per heavy atom. The minimum Gasteiger partial charge on any atom is -0.396 e. The molecule has 0 radical (unpaired) electrons. The molecule has 0 aliphatic carbocycles. The van der Waals surface area contributed by atoms with E-state index in [4.69, 9.17) is 11.6 Å². The van der Waals surface area contributed by atoms with Crippen LogP contribution in [0, 0.1) is 11.8 Å². The van der Waals surface area contributed by atoms with E-state index >= 15 is 0 Å². The third-order valence-corrected chi connectivity index (χ3v) is 3.43. The largest absolute Gasteiger partial charge is 0.396 e. The van der Waals surface area contributed by atoms with Crippen molar-refractivity contribution in [1.29, 1.82) is 0 Å². The van der Waals surface area contributed by atoms with Gasteiger partial charge in [0.25, 0.3) is 0 Å². The first-order chi connectivity index (χ1) is 7.52. The van der Waals surface area contributed by atoms with Crippen molar-refractivity contribution >= 4 is 27.5 Å². The van der Waals surface area contributed by atoms with E-state index in [1.165, 1.54) is 0 Å². The zero-order valence-electron chi connectivity index (χ0n) is 9.71. The highest BCUT2D eigenvalue weighted by Crippen LogP contribution is 2.25. The lowest BCUT2D eigenvalue weighted by Gasteiger charge is -2.17. The Morgan fingerprint density at radius 2 is 2.06 bits per heavy atom. The van der Waals surface area contributed by atoms with Crippen LogP contribution in [0.5, 0.6) is 0 Å². The fraction of sp³-hybridized carbons (Fsp3) is 0.538. The van der Waals surface area contributed by atoms with Gasteiger partial charge in [-0.25, -0.2) is 0 Å². The maximum Gasteiger partial charge on any atom is 0.0462 e. The number of aliphatic hydroxyl groups is 1. The third-order valence-electron chi connectivity index (χ3n) is 2.59. The second kappa shape index (κ2) is 6.63. The van der Waals surface area contributed by atoms with E-state index in [1.54, 1.807) is 0 Å². The first-order valence-electron chi connectivity index (χ1n) is 5.57. The van der Waals surface area contributed by atoms with E-state index in [1.807, 2.05) is 18.2 Å². The molecule has 1 N–H and O–H groups in total. The Morgan fingerprint density at radius 1 is 1.38 bits per heavy atom. The standard InChI is InChI=1S/C13H18BrClO/c1-9(2)5-10(8-16)6-11-3-4-12(14)7-13(11)15/h3-4,7,9-10,16H,5-6,8H2,1-2H3. The molecule has 1 atom stereocenters. The van der Waals surface area contributed by atoms with Gasteiger partial charge in [0, 0.05) is 16.1 Å². The van der Waals surface area contributed by atoms with Crippen LogP contribution in [0.2, 0.25) is 5.02 Å². The lowest BCUT2D eigenvalue weighted by molar-refractivity contribution is 0.205. The van der Waals surface area contributed by atoms with Crippen molar-refractivity contribution < 1.29 is 5.11 Å². The van der Waals surface area contributed by atoms with E-state index < -0.39 is 0 Å². The molecule has 1 aromatic rings. The predicted molar refractivity (Wildman–Crippen MR) is 72.9 cm³/mol. The highest BCUT2D eigenvalue weighted by Gasteiger charge is 2.12. The first-order valence-corrected chi connectivity index (χ1v) is 6.74. The molecule has 90 valence electrons. The molecule has 0 aliphatic rings. The van der Waals surface area contributed by atoms with Gasteiger partial charge in [0.15, 0.2) is 0 Å². The van der Waals surface area contributed by atoms with Crippen LogP contribution in [-0.2, 0) is 6.42 Å². The maximum absolute atomic E-state index is 9.33. The monoisotopic (exact) mass is 304 g/mol. The average molecular weight is 306 g/mol. The fourth-order valence-corrected chi connectivity index (χ4v) is 2.64. The molecular formula is C13H18BrClO. The second-order valence-electron chi connectivity index (χ2n) is 4.62. The average Bonchev–Trinajstić information content (AvgIpc) is 2.20. The normalized spacial score (nSPS) is 13.1. The Bertz CT molecular complexity index is 339. The molecule has 16 heavy (non-hydrogen) atoms. The number of hydrogen-bond donors (Lipinski definition) is 1. The number of rotatable bonds is 5. The summed E-state index contributed by atoms with van der Waals surface area (Å²) in [5.41, 5.74) is 1.12. The molecule has 0 fully saturated rings. The van der Waals surface area contributed by atoms with Crippen molar-refractivity contribution in [3.05, 3.63) is 33.3 Å². The van der Waals surface area contributed by atoms with Gasteiger partial charge in [0.2, 0.25) is 0 Å². The molecule has 0 heterocycles. The summed E-state index contributed by atoms with van der Waals surface area (Å²) in [7, 11) is 0. The van der Waals surface area contributed by atoms with Gasteiger partial charge in [-0.2, -0.15) is 0 Å². The summed E-state index contributed by atoms with van der Waals surface area (Å²) < 4.78 is 0.991. The number of halogens is 2. The van der Waals surface area contributed by atoms with Crippen LogP contribution in [0.25, 0.3) is 0 Å². The molecule has 0 aromatic heterocycles. The van der Waals surface area contributed by atoms with Crippen LogP contribution >= 0.6 is 27.5 Å². The molecule has 0 amide bonds. The Labute approximate surface area is 111 Å². The second-order valence-corrected chi connectivity index (χ2v) is 5.94. The van der Waals surface area contributed by atoms with Crippen LogP contribution in [0.15, 0.2) is 22.7 Å². The summed E-state index contributed by atoms with van der Waals surface area (Å²) in [6.45, 7) is 4.57. The summed E-state index contributed by atoms with van der Waals surface area (Å²) >= 11 is 9.54. The summed E-state index contributed by atoms with van der Waals surface area (Å²) in [6, 6.07) is 5.92. The van der Waals surface area contributed by atoms with Crippen molar-refractivity contribution in [3.63, 3.8) is 0 Å². The van der Waals surface area contributed by atoms with Gasteiger partial charge in [0.1, 0.15) is 0 Å². The van der Waals surface area contributed by atoms with Crippen LogP contribution in [0.4, 0.5) is 0 Å². The van der Waals surface area contributed by atoms with Crippen molar-refractivity contribution in [2.45, 2.75) is 26.7 Å². The molecule has 0 bridgehead atoms. The van der Waals surface area contributed by atoms with Crippen LogP contribution in [0.1, 0.15) is 25.8 Å². The lowest BCUT2D eigenvalue weighted by Crippen LogP contribution is -2.12. The zero-order valence-corrected chi connectivity index (χ0v) is 12.1. The Kier molecular flexibility index (Phi) is 5.81. The Hall–Kier alpha value is -0.0500. The van der Waals surface area contributed by atoms with Gasteiger partial charge in [-0.15, -0.1) is 0 Å². The molecule has 0 saturated heterocycles. The van der Waals surface area contributed by atoms with Gasteiger partial charge in [-0.1, -0.05) is 47.4 Å². The molecule has 1 nitrogen and oxygen atoms in total. The van der Waals surface area contributed by atoms with Gasteiger partial charge < -0.3 is 5.11 Å². The van der Waals surface area contributed by atoms with Crippen LogP contribution in [-0.4, -0.2) is 11.7 Å². The molecule has 1 rings (SSSR count). The first kappa shape index (κ1) is 14.0. The number of hydrogen-bond acceptors (Lipinski definition) is 1. The Balaban J connectivity index is 2.70. The summed E-state index contributed by atoms with van der Waals surface area (Å²) in [5.74, 6) is 0.907. The fourth-order valence-electron chi connectivity index (χ4n) is 1.89. The SMILES string of the molecule is CC(C)CC(CO)Cc1ccc(Br)cc1Cl. The molecule has 1 unspecified atom stereocenters. The highest BCUT2D eigenvalue weighted by atomic mass is 79.9. The van der Waals surface area contributed by atoms with E-state index in [-0.39, 0.29) is 6.61 Å². The minimum atomic E-state index is 0.227. The van der Waals surface area contributed by atoms with Gasteiger partial charge in [0.05, 0.1) is 0 Å². The summed E-state index contributed by atoms with van der Waals surface area (Å²) in [5, 5.41) is 10.1. The topological polar surface area (TPSA) is 20.2 Å². The van der Waals surface area contributed by atoms with Gasteiger partial charge >= 0.3 is 0 Å². The molecule has 0 saturated carbocycles. The van der Waals surface area contributed by atoms with Gasteiger partial charge in [-0.05, 0) is 42.4 Å². The smallest absolute Gasteiger partial charge is 0.0462 e. The maximum atomic E-state index is 9.33. The van der Waals surface area contributed by atoms with Crippen LogP contribution < -0.4 is 0 Å². The van der Waals surface area contributed by atoms with E-state index in [9.17, 15) is 5.11 Å². The zero-order chi connectivity index (χ0) is 12.1. The molecule has 0 aliphatic heterocycles. The minimum absolute atomic E-state index is 0.227. The summed E-state index contributed by atoms with van der Waals surface area (Å²) in [4.78, 5) is 0. The molecular weight excluding hydrogens is 287 g/mol. The highest BCUT2D eigenvalue weighted by molar-refractivity contribution is 9.10. The quantitative estimate of drug-likeness (QED) is 0.860. The molecule has 3 heteroatoms. The van der Waals surface area contributed by atoms with Crippen molar-refractivity contribution in [2.75, 3.05) is 6.61 Å². The van der Waals surface area contributed by atoms with E-state index in [2.05, 4.69) is 29.8 Å². The van der Waals surface area contributed by atoms with Crippen molar-refractivity contribution in [1.82, 2.24) is 0 Å².